The van der Waals surface area contributed by atoms with E-state index >= 15 is 0 Å². The zero-order valence-corrected chi connectivity index (χ0v) is 10.0. The average molecular weight is 246 g/mol. The number of rotatable bonds is 4. The fourth-order valence-electron chi connectivity index (χ4n) is 1.48. The Morgan fingerprint density at radius 1 is 1.50 bits per heavy atom. The van der Waals surface area contributed by atoms with Crippen LogP contribution < -0.4 is 5.73 Å². The molecule has 6 nitrogen and oxygen atoms in total. The number of ether oxygens (including phenoxy) is 1. The number of anilines is 1. The lowest BCUT2D eigenvalue weighted by Gasteiger charge is -2.05. The van der Waals surface area contributed by atoms with Crippen LogP contribution in [0.1, 0.15) is 11.4 Å². The number of hydrogen-bond donors (Lipinski definition) is 1. The van der Waals surface area contributed by atoms with Crippen LogP contribution in [-0.2, 0) is 22.7 Å². The first-order chi connectivity index (χ1) is 8.63. The van der Waals surface area contributed by atoms with Crippen molar-refractivity contribution in [2.45, 2.75) is 20.1 Å². The van der Waals surface area contributed by atoms with Gasteiger partial charge in [-0.05, 0) is 19.1 Å². The Hall–Kier alpha value is -2.37. The van der Waals surface area contributed by atoms with Gasteiger partial charge in [0.25, 0.3) is 0 Å². The molecule has 2 N–H and O–H groups in total. The molecule has 0 bridgehead atoms. The van der Waals surface area contributed by atoms with Crippen molar-refractivity contribution in [3.8, 4) is 0 Å². The number of hydrogen-bond acceptors (Lipinski definition) is 5. The Labute approximate surface area is 104 Å². The molecule has 94 valence electrons. The topological polar surface area (TPSA) is 83.0 Å². The molecule has 0 radical (unpaired) electrons. The van der Waals surface area contributed by atoms with Crippen molar-refractivity contribution in [3.63, 3.8) is 0 Å². The molecule has 0 aromatic carbocycles. The number of aromatic nitrogens is 3. The zero-order valence-electron chi connectivity index (χ0n) is 10.0. The minimum Gasteiger partial charge on any atom is -0.458 e. The minimum atomic E-state index is -0.374. The van der Waals surface area contributed by atoms with Gasteiger partial charge < -0.3 is 10.5 Å². The number of esters is 1. The van der Waals surface area contributed by atoms with E-state index in [1.165, 1.54) is 10.9 Å². The van der Waals surface area contributed by atoms with Gasteiger partial charge in [0.05, 0.1) is 17.6 Å². The van der Waals surface area contributed by atoms with Crippen LogP contribution in [0.2, 0.25) is 0 Å². The summed E-state index contributed by atoms with van der Waals surface area (Å²) in [7, 11) is 0. The molecule has 2 aromatic heterocycles. The smallest absolute Gasteiger partial charge is 0.328 e. The lowest BCUT2D eigenvalue weighted by molar-refractivity contribution is -0.146. The van der Waals surface area contributed by atoms with Crippen molar-refractivity contribution >= 4 is 11.7 Å². The molecule has 0 aliphatic heterocycles. The van der Waals surface area contributed by atoms with Gasteiger partial charge >= 0.3 is 5.97 Å². The second-order valence-electron chi connectivity index (χ2n) is 3.90. The zero-order chi connectivity index (χ0) is 13.0. The van der Waals surface area contributed by atoms with Crippen LogP contribution in [-0.4, -0.2) is 20.7 Å². The third-order valence-electron chi connectivity index (χ3n) is 2.27. The van der Waals surface area contributed by atoms with E-state index in [0.29, 0.717) is 5.69 Å². The summed E-state index contributed by atoms with van der Waals surface area (Å²) >= 11 is 0. The summed E-state index contributed by atoms with van der Waals surface area (Å²) < 4.78 is 6.53. The van der Waals surface area contributed by atoms with E-state index < -0.39 is 0 Å². The highest BCUT2D eigenvalue weighted by Gasteiger charge is 2.06. The minimum absolute atomic E-state index is 0.0447. The summed E-state index contributed by atoms with van der Waals surface area (Å²) in [6, 6.07) is 5.57. The molecule has 0 unspecified atom stereocenters. The third kappa shape index (κ3) is 3.31. The lowest BCUT2D eigenvalue weighted by Crippen LogP contribution is -2.14. The first kappa shape index (κ1) is 12.1. The summed E-state index contributed by atoms with van der Waals surface area (Å²) in [5.74, 6) is -0.374. The standard InChI is InChI=1S/C12H14N4O2/c1-9-3-2-4-11(15-9)8-18-12(17)7-16-6-10(13)5-14-16/h2-6H,7-8,13H2,1H3. The van der Waals surface area contributed by atoms with Gasteiger partial charge in [0.15, 0.2) is 0 Å². The number of nitrogen functional groups attached to an aromatic ring is 1. The maximum Gasteiger partial charge on any atom is 0.328 e. The van der Waals surface area contributed by atoms with Crippen LogP contribution in [0.3, 0.4) is 0 Å². The Bertz CT molecular complexity index is 551. The summed E-state index contributed by atoms with van der Waals surface area (Å²) in [4.78, 5) is 15.8. The third-order valence-corrected chi connectivity index (χ3v) is 2.27. The van der Waals surface area contributed by atoms with Gasteiger partial charge in [-0.25, -0.2) is 0 Å². The molecular formula is C12H14N4O2. The fraction of sp³-hybridized carbons (Fsp3) is 0.250. The molecule has 0 saturated heterocycles. The largest absolute Gasteiger partial charge is 0.458 e. The van der Waals surface area contributed by atoms with Gasteiger partial charge in [-0.3, -0.25) is 14.5 Å². The second-order valence-corrected chi connectivity index (χ2v) is 3.90. The van der Waals surface area contributed by atoms with E-state index in [4.69, 9.17) is 10.5 Å². The molecule has 2 rings (SSSR count). The molecule has 2 heterocycles. The van der Waals surface area contributed by atoms with Crippen LogP contribution in [0.25, 0.3) is 0 Å². The highest BCUT2D eigenvalue weighted by Crippen LogP contribution is 2.02. The molecule has 2 aromatic rings. The quantitative estimate of drug-likeness (QED) is 0.811. The maximum absolute atomic E-state index is 11.5. The van der Waals surface area contributed by atoms with Crippen LogP contribution in [0.4, 0.5) is 5.69 Å². The highest BCUT2D eigenvalue weighted by atomic mass is 16.5. The summed E-state index contributed by atoms with van der Waals surface area (Å²) in [5, 5.41) is 3.90. The molecule has 0 aliphatic rings. The Kier molecular flexibility index (Phi) is 3.57. The van der Waals surface area contributed by atoms with Crippen molar-refractivity contribution in [1.82, 2.24) is 14.8 Å². The van der Waals surface area contributed by atoms with Gasteiger partial charge in [-0.1, -0.05) is 6.07 Å². The number of nitrogens with two attached hydrogens (primary N) is 1. The van der Waals surface area contributed by atoms with Gasteiger partial charge in [0.1, 0.15) is 13.2 Å². The summed E-state index contributed by atoms with van der Waals surface area (Å²) in [6.45, 7) is 2.10. The number of pyridine rings is 1. The van der Waals surface area contributed by atoms with E-state index in [9.17, 15) is 4.79 Å². The molecule has 0 saturated carbocycles. The Morgan fingerprint density at radius 3 is 3.00 bits per heavy atom. The van der Waals surface area contributed by atoms with Crippen LogP contribution in [0.5, 0.6) is 0 Å². The summed E-state index contributed by atoms with van der Waals surface area (Å²) in [5.41, 5.74) is 7.62. The van der Waals surface area contributed by atoms with Crippen molar-refractivity contribution in [3.05, 3.63) is 42.0 Å². The average Bonchev–Trinajstić information content (AvgIpc) is 2.72. The van der Waals surface area contributed by atoms with Crippen LogP contribution in [0.15, 0.2) is 30.6 Å². The maximum atomic E-state index is 11.5. The molecule has 0 atom stereocenters. The fourth-order valence-corrected chi connectivity index (χ4v) is 1.48. The number of carbonyl (C=O) groups is 1. The summed E-state index contributed by atoms with van der Waals surface area (Å²) in [6.07, 6.45) is 3.06. The van der Waals surface area contributed by atoms with Crippen LogP contribution >= 0.6 is 0 Å². The molecule has 0 spiro atoms. The van der Waals surface area contributed by atoms with E-state index in [2.05, 4.69) is 10.1 Å². The van der Waals surface area contributed by atoms with Gasteiger partial charge in [-0.15, -0.1) is 0 Å². The predicted molar refractivity (Wildman–Crippen MR) is 65.4 cm³/mol. The predicted octanol–water partition coefficient (Wildman–Crippen LogP) is 0.912. The van der Waals surface area contributed by atoms with Gasteiger partial charge in [0, 0.05) is 11.9 Å². The first-order valence-corrected chi connectivity index (χ1v) is 5.49. The van der Waals surface area contributed by atoms with E-state index in [-0.39, 0.29) is 19.1 Å². The van der Waals surface area contributed by atoms with Crippen molar-refractivity contribution in [2.24, 2.45) is 0 Å². The number of nitrogens with zero attached hydrogens (tertiary/aromatic N) is 3. The van der Waals surface area contributed by atoms with E-state index in [1.807, 2.05) is 25.1 Å². The SMILES string of the molecule is Cc1cccc(COC(=O)Cn2cc(N)cn2)n1. The molecular weight excluding hydrogens is 232 g/mol. The molecule has 6 heteroatoms. The Balaban J connectivity index is 1.85. The van der Waals surface area contributed by atoms with Gasteiger partial charge in [0.2, 0.25) is 0 Å². The van der Waals surface area contributed by atoms with E-state index in [1.54, 1.807) is 6.20 Å². The molecule has 0 amide bonds. The van der Waals surface area contributed by atoms with Crippen molar-refractivity contribution in [1.29, 1.82) is 0 Å². The molecule has 18 heavy (non-hydrogen) atoms. The van der Waals surface area contributed by atoms with E-state index in [0.717, 1.165) is 11.4 Å². The highest BCUT2D eigenvalue weighted by molar-refractivity contribution is 5.69. The molecule has 0 fully saturated rings. The lowest BCUT2D eigenvalue weighted by atomic mass is 10.3. The second kappa shape index (κ2) is 5.31. The normalized spacial score (nSPS) is 10.3. The monoisotopic (exact) mass is 246 g/mol. The number of aryl methyl sites for hydroxylation is 1. The first-order valence-electron chi connectivity index (χ1n) is 5.49. The number of carbonyl (C=O) groups excluding carboxylic acids is 1. The Morgan fingerprint density at radius 2 is 2.33 bits per heavy atom. The van der Waals surface area contributed by atoms with Crippen molar-refractivity contribution < 1.29 is 9.53 Å². The van der Waals surface area contributed by atoms with Gasteiger partial charge in [-0.2, -0.15) is 5.10 Å². The van der Waals surface area contributed by atoms with Crippen LogP contribution in [0, 0.1) is 6.92 Å². The van der Waals surface area contributed by atoms with Crippen molar-refractivity contribution in [2.75, 3.05) is 5.73 Å². The molecule has 0 aliphatic carbocycles.